The number of hydrogen-bond donors (Lipinski definition) is 1. The Morgan fingerprint density at radius 3 is 2.30 bits per heavy atom. The van der Waals surface area contributed by atoms with Crippen LogP contribution in [0.1, 0.15) is 32.8 Å². The van der Waals surface area contributed by atoms with Crippen molar-refractivity contribution in [3.8, 4) is 0 Å². The maximum atomic E-state index is 13.0. The van der Waals surface area contributed by atoms with Gasteiger partial charge >= 0.3 is 0 Å². The van der Waals surface area contributed by atoms with Crippen LogP contribution < -0.4 is 5.32 Å². The van der Waals surface area contributed by atoms with Gasteiger partial charge in [0.2, 0.25) is 0 Å². The molecule has 1 heterocycles. The van der Waals surface area contributed by atoms with Gasteiger partial charge in [-0.1, -0.05) is 30.3 Å². The zero-order valence-corrected chi connectivity index (χ0v) is 15.0. The fourth-order valence-electron chi connectivity index (χ4n) is 2.51. The van der Waals surface area contributed by atoms with E-state index < -0.39 is 21.5 Å². The van der Waals surface area contributed by atoms with Crippen molar-refractivity contribution in [2.75, 3.05) is 12.4 Å². The minimum absolute atomic E-state index is 0.0348. The van der Waals surface area contributed by atoms with Gasteiger partial charge in [-0.15, -0.1) is 11.6 Å². The molecule has 23 heavy (non-hydrogen) atoms. The predicted molar refractivity (Wildman–Crippen MR) is 92.2 cm³/mol. The largest absolute Gasteiger partial charge is 0.379 e. The summed E-state index contributed by atoms with van der Waals surface area (Å²) in [6, 6.07) is 8.68. The van der Waals surface area contributed by atoms with E-state index in [2.05, 4.69) is 5.32 Å². The average molecular weight is 357 g/mol. The summed E-state index contributed by atoms with van der Waals surface area (Å²) in [6.07, 6.45) is 0.635. The molecule has 0 bridgehead atoms. The highest BCUT2D eigenvalue weighted by molar-refractivity contribution is 7.99. The van der Waals surface area contributed by atoms with E-state index in [-0.39, 0.29) is 10.6 Å². The van der Waals surface area contributed by atoms with Gasteiger partial charge in [0.05, 0.1) is 5.54 Å². The van der Waals surface area contributed by atoms with Gasteiger partial charge in [0.1, 0.15) is 10.6 Å². The van der Waals surface area contributed by atoms with Gasteiger partial charge in [-0.2, -0.15) is 0 Å². The molecule has 0 aromatic heterocycles. The Morgan fingerprint density at radius 2 is 1.78 bits per heavy atom. The third kappa shape index (κ3) is 3.38. The van der Waals surface area contributed by atoms with Crippen molar-refractivity contribution in [3.05, 3.63) is 41.6 Å². The van der Waals surface area contributed by atoms with Crippen LogP contribution in [0.5, 0.6) is 0 Å². The lowest BCUT2D eigenvalue weighted by molar-refractivity contribution is -0.125. The van der Waals surface area contributed by atoms with Crippen LogP contribution in [0.25, 0.3) is 4.91 Å². The number of nitrogens with one attached hydrogen (secondary N) is 1. The minimum atomic E-state index is -3.91. The van der Waals surface area contributed by atoms with Crippen LogP contribution in [0.2, 0.25) is 0 Å². The molecule has 1 aliphatic heterocycles. The molecule has 0 unspecified atom stereocenters. The predicted octanol–water partition coefficient (Wildman–Crippen LogP) is 2.54. The Hall–Kier alpha value is -1.53. The van der Waals surface area contributed by atoms with E-state index in [9.17, 15) is 13.2 Å². The smallest absolute Gasteiger partial charge is 0.285 e. The van der Waals surface area contributed by atoms with Crippen LogP contribution in [0.3, 0.4) is 0 Å². The van der Waals surface area contributed by atoms with Crippen molar-refractivity contribution in [3.63, 3.8) is 0 Å². The third-order valence-corrected chi connectivity index (χ3v) is 5.80. The van der Waals surface area contributed by atoms with E-state index in [0.29, 0.717) is 24.4 Å². The minimum Gasteiger partial charge on any atom is -0.379 e. The summed E-state index contributed by atoms with van der Waals surface area (Å²) in [4.78, 5) is 12.8. The standard InChI is InChI=1S/C16H21ClN2O3S/c1-16(2,3)19-15(20)13(18-11-7-10-17)14(23(19,21)22)12-8-5-4-6-9-12/h4-6,8-9,18H,7,10-11H2,1-3H3. The molecule has 1 amide bonds. The van der Waals surface area contributed by atoms with E-state index in [1.54, 1.807) is 51.1 Å². The number of halogens is 1. The molecular weight excluding hydrogens is 336 g/mol. The molecule has 1 aliphatic rings. The summed E-state index contributed by atoms with van der Waals surface area (Å²) in [5.74, 6) is -0.0869. The highest BCUT2D eigenvalue weighted by Gasteiger charge is 2.49. The molecule has 5 nitrogen and oxygen atoms in total. The molecule has 0 spiro atoms. The number of nitrogens with zero attached hydrogens (tertiary/aromatic N) is 1. The van der Waals surface area contributed by atoms with Crippen LogP contribution in [0.4, 0.5) is 0 Å². The van der Waals surface area contributed by atoms with Crippen molar-refractivity contribution >= 4 is 32.4 Å². The third-order valence-electron chi connectivity index (χ3n) is 3.38. The Kier molecular flexibility index (Phi) is 5.06. The van der Waals surface area contributed by atoms with Crippen LogP contribution in [-0.4, -0.2) is 36.6 Å². The van der Waals surface area contributed by atoms with E-state index in [4.69, 9.17) is 11.6 Å². The van der Waals surface area contributed by atoms with Crippen molar-refractivity contribution in [1.82, 2.24) is 9.62 Å². The second-order valence-corrected chi connectivity index (χ2v) is 8.39. The van der Waals surface area contributed by atoms with Crippen molar-refractivity contribution < 1.29 is 13.2 Å². The summed E-state index contributed by atoms with van der Waals surface area (Å²) >= 11 is 5.66. The van der Waals surface area contributed by atoms with Crippen molar-refractivity contribution in [1.29, 1.82) is 0 Å². The van der Waals surface area contributed by atoms with E-state index in [1.807, 2.05) is 0 Å². The van der Waals surface area contributed by atoms with E-state index in [1.165, 1.54) is 0 Å². The summed E-state index contributed by atoms with van der Waals surface area (Å²) in [6.45, 7) is 5.54. The molecule has 2 rings (SSSR count). The molecule has 126 valence electrons. The number of sulfonamides is 1. The molecule has 1 aromatic carbocycles. The van der Waals surface area contributed by atoms with Crippen molar-refractivity contribution in [2.24, 2.45) is 0 Å². The molecule has 0 saturated carbocycles. The van der Waals surface area contributed by atoms with Gasteiger partial charge in [-0.05, 0) is 32.8 Å². The summed E-state index contributed by atoms with van der Waals surface area (Å²) in [5, 5.41) is 2.96. The van der Waals surface area contributed by atoms with Gasteiger partial charge in [-0.25, -0.2) is 12.7 Å². The molecule has 0 atom stereocenters. The maximum Gasteiger partial charge on any atom is 0.285 e. The lowest BCUT2D eigenvalue weighted by atomic mass is 10.1. The van der Waals surface area contributed by atoms with E-state index in [0.717, 1.165) is 4.31 Å². The lowest BCUT2D eigenvalue weighted by Gasteiger charge is -2.30. The Morgan fingerprint density at radius 1 is 1.17 bits per heavy atom. The van der Waals surface area contributed by atoms with Gasteiger partial charge in [-0.3, -0.25) is 4.79 Å². The molecule has 7 heteroatoms. The van der Waals surface area contributed by atoms with Crippen LogP contribution >= 0.6 is 11.6 Å². The quantitative estimate of drug-likeness (QED) is 0.650. The molecular formula is C16H21ClN2O3S. The first-order valence-corrected chi connectivity index (χ1v) is 9.38. The fourth-order valence-corrected chi connectivity index (χ4v) is 4.71. The van der Waals surface area contributed by atoms with E-state index >= 15 is 0 Å². The monoisotopic (exact) mass is 356 g/mol. The first kappa shape index (κ1) is 17.8. The van der Waals surface area contributed by atoms with Crippen molar-refractivity contribution in [2.45, 2.75) is 32.7 Å². The van der Waals surface area contributed by atoms with Gasteiger partial charge in [0.25, 0.3) is 15.9 Å². The molecule has 1 N–H and O–H groups in total. The Bertz CT molecular complexity index is 721. The first-order valence-electron chi connectivity index (χ1n) is 7.40. The SMILES string of the molecule is CC(C)(C)N1C(=O)C(NCCCCl)=C(c2ccccc2)S1(=O)=O. The van der Waals surface area contributed by atoms with Gasteiger partial charge in [0, 0.05) is 12.4 Å². The number of alkyl halides is 1. The second-order valence-electron chi connectivity index (χ2n) is 6.28. The number of rotatable bonds is 5. The van der Waals surface area contributed by atoms with Gasteiger partial charge in [0.15, 0.2) is 0 Å². The van der Waals surface area contributed by atoms with Gasteiger partial charge < -0.3 is 5.32 Å². The normalized spacial score (nSPS) is 17.7. The highest BCUT2D eigenvalue weighted by Crippen LogP contribution is 2.38. The maximum absolute atomic E-state index is 13.0. The zero-order valence-electron chi connectivity index (χ0n) is 13.5. The molecule has 1 aromatic rings. The van der Waals surface area contributed by atoms with Crippen LogP contribution in [0, 0.1) is 0 Å². The topological polar surface area (TPSA) is 66.5 Å². The lowest BCUT2D eigenvalue weighted by Crippen LogP contribution is -2.46. The number of benzene rings is 1. The van der Waals surface area contributed by atoms with Crippen LogP contribution in [0.15, 0.2) is 36.0 Å². The molecule has 0 radical (unpaired) electrons. The fraction of sp³-hybridized carbons (Fsp3) is 0.438. The summed E-state index contributed by atoms with van der Waals surface area (Å²) < 4.78 is 26.9. The molecule has 0 saturated heterocycles. The zero-order chi connectivity index (χ0) is 17.3. The summed E-state index contributed by atoms with van der Waals surface area (Å²) in [7, 11) is -3.91. The van der Waals surface area contributed by atoms with Crippen LogP contribution in [-0.2, 0) is 14.8 Å². The summed E-state index contributed by atoms with van der Waals surface area (Å²) in [5.41, 5.74) is -0.219. The average Bonchev–Trinajstić information content (AvgIpc) is 2.65. The second kappa shape index (κ2) is 6.53. The number of amides is 1. The molecule has 0 fully saturated rings. The molecule has 0 aliphatic carbocycles. The highest BCUT2D eigenvalue weighted by atomic mass is 35.5. The number of hydrogen-bond acceptors (Lipinski definition) is 4. The Labute approximate surface area is 142 Å². The number of carbonyl (C=O) groups is 1. The Balaban J connectivity index is 2.58. The first-order chi connectivity index (χ1) is 10.7. The number of carbonyl (C=O) groups excluding carboxylic acids is 1.